The van der Waals surface area contributed by atoms with Crippen LogP contribution in [0, 0.1) is 0 Å². The molecule has 0 saturated carbocycles. The smallest absolute Gasteiger partial charge is 0.403 e. The normalized spacial score (nSPS) is 15.1. The van der Waals surface area contributed by atoms with Crippen molar-refractivity contribution in [1.29, 1.82) is 0 Å². The number of nitrogens with one attached hydrogen (secondary N) is 3. The highest BCUT2D eigenvalue weighted by Gasteiger charge is 2.29. The van der Waals surface area contributed by atoms with Gasteiger partial charge in [0.1, 0.15) is 12.1 Å². The van der Waals surface area contributed by atoms with E-state index >= 15 is 0 Å². The number of carboxylic acids is 3. The second-order valence-corrected chi connectivity index (χ2v) is 10.1. The van der Waals surface area contributed by atoms with Crippen molar-refractivity contribution in [3.05, 3.63) is 0 Å². The Morgan fingerprint density at radius 1 is 0.811 bits per heavy atom. The molecule has 0 rings (SSSR count). The molecule has 0 heterocycles. The fraction of sp³-hybridized carbons (Fsp3) is 0.762. The van der Waals surface area contributed by atoms with Gasteiger partial charge in [-0.3, -0.25) is 23.7 Å². The predicted molar refractivity (Wildman–Crippen MR) is 130 cm³/mol. The molecule has 0 aliphatic heterocycles. The molecule has 0 fully saturated rings. The van der Waals surface area contributed by atoms with E-state index in [1.165, 1.54) is 0 Å². The summed E-state index contributed by atoms with van der Waals surface area (Å²) in [5.41, 5.74) is 5.38. The number of amides is 2. The average molecular weight is 555 g/mol. The van der Waals surface area contributed by atoms with Crippen LogP contribution in [0.15, 0.2) is 0 Å². The maximum absolute atomic E-state index is 12.1. The number of rotatable bonds is 22. The molecule has 37 heavy (non-hydrogen) atoms. The Bertz CT molecular complexity index is 811. The Kier molecular flexibility index (Phi) is 17.3. The van der Waals surface area contributed by atoms with Gasteiger partial charge in [0.2, 0.25) is 11.8 Å². The highest BCUT2D eigenvalue weighted by atomic mass is 31.2. The van der Waals surface area contributed by atoms with E-state index < -0.39 is 62.4 Å². The summed E-state index contributed by atoms with van der Waals surface area (Å²) in [5.74, 6) is -4.85. The largest absolute Gasteiger partial charge is 0.481 e. The van der Waals surface area contributed by atoms with Crippen LogP contribution in [0.25, 0.3) is 0 Å². The van der Waals surface area contributed by atoms with Gasteiger partial charge in [-0.1, -0.05) is 6.42 Å². The van der Waals surface area contributed by atoms with Crippen molar-refractivity contribution in [2.24, 2.45) is 5.73 Å². The molecule has 0 aromatic heterocycles. The van der Waals surface area contributed by atoms with Gasteiger partial charge >= 0.3 is 25.7 Å². The molecule has 16 heteroatoms. The molecule has 0 aliphatic rings. The minimum absolute atomic E-state index is 0.0997. The van der Waals surface area contributed by atoms with Crippen LogP contribution in [0.1, 0.15) is 71.1 Å². The van der Waals surface area contributed by atoms with Gasteiger partial charge in [0.05, 0.1) is 6.61 Å². The molecular formula is C21H39N4O11P. The lowest BCUT2D eigenvalue weighted by atomic mass is 10.1. The van der Waals surface area contributed by atoms with Gasteiger partial charge in [0, 0.05) is 25.3 Å². The van der Waals surface area contributed by atoms with Crippen molar-refractivity contribution >= 4 is 37.5 Å². The quantitative estimate of drug-likeness (QED) is 0.0656. The second-order valence-electron chi connectivity index (χ2n) is 8.51. The van der Waals surface area contributed by atoms with Crippen LogP contribution in [-0.2, 0) is 33.1 Å². The molecular weight excluding hydrogens is 515 g/mol. The lowest BCUT2D eigenvalue weighted by Crippen LogP contribution is -2.42. The Balaban J connectivity index is 4.35. The second kappa shape index (κ2) is 18.6. The maximum atomic E-state index is 12.1. The first kappa shape index (κ1) is 34.4. The van der Waals surface area contributed by atoms with Crippen molar-refractivity contribution in [2.75, 3.05) is 13.2 Å². The zero-order chi connectivity index (χ0) is 28.4. The fourth-order valence-electron chi connectivity index (χ4n) is 3.15. The highest BCUT2D eigenvalue weighted by Crippen LogP contribution is 2.38. The van der Waals surface area contributed by atoms with Gasteiger partial charge in [-0.15, -0.1) is 0 Å². The first-order chi connectivity index (χ1) is 17.3. The van der Waals surface area contributed by atoms with E-state index in [0.29, 0.717) is 19.4 Å². The number of unbranched alkanes of at least 4 members (excludes halogenated alkanes) is 2. The third-order valence-corrected chi connectivity index (χ3v) is 6.29. The SMILES string of the molecule is C[C@H](CCCOP(=O)(O)N[C@@H](CCC(=O)O)C(=O)O)NC(=O)CC[C@H](NC(=O)CCCCCN)C(=O)O. The Hall–Kier alpha value is -2.58. The van der Waals surface area contributed by atoms with Crippen LogP contribution < -0.4 is 21.5 Å². The van der Waals surface area contributed by atoms with Gasteiger partial charge in [-0.2, -0.15) is 0 Å². The lowest BCUT2D eigenvalue weighted by Gasteiger charge is -2.19. The molecule has 4 atom stereocenters. The minimum atomic E-state index is -4.51. The first-order valence-electron chi connectivity index (χ1n) is 12.0. The van der Waals surface area contributed by atoms with E-state index in [0.717, 1.165) is 12.8 Å². The van der Waals surface area contributed by atoms with Crippen molar-refractivity contribution in [1.82, 2.24) is 15.7 Å². The summed E-state index contributed by atoms with van der Waals surface area (Å²) in [7, 11) is -4.51. The zero-order valence-corrected chi connectivity index (χ0v) is 21.8. The third-order valence-electron chi connectivity index (χ3n) is 5.12. The Morgan fingerprint density at radius 2 is 1.41 bits per heavy atom. The molecule has 0 aromatic carbocycles. The van der Waals surface area contributed by atoms with Crippen molar-refractivity contribution in [3.8, 4) is 0 Å². The van der Waals surface area contributed by atoms with Crippen molar-refractivity contribution in [3.63, 3.8) is 0 Å². The van der Waals surface area contributed by atoms with Crippen molar-refractivity contribution < 1.29 is 53.3 Å². The molecule has 0 aromatic rings. The van der Waals surface area contributed by atoms with Gasteiger partial charge in [-0.05, 0) is 52.0 Å². The van der Waals surface area contributed by atoms with Crippen LogP contribution in [0.3, 0.4) is 0 Å². The summed E-state index contributed by atoms with van der Waals surface area (Å²) in [4.78, 5) is 66.9. The molecule has 0 aliphatic carbocycles. The van der Waals surface area contributed by atoms with Crippen LogP contribution in [-0.4, -0.2) is 81.2 Å². The summed E-state index contributed by atoms with van der Waals surface area (Å²) in [5, 5.41) is 33.9. The number of carboxylic acid groups (broad SMARTS) is 3. The molecule has 2 amide bonds. The predicted octanol–water partition coefficient (Wildman–Crippen LogP) is 0.165. The number of hydrogen-bond donors (Lipinski definition) is 8. The topological polar surface area (TPSA) is 255 Å². The molecule has 0 radical (unpaired) electrons. The molecule has 0 spiro atoms. The molecule has 0 saturated heterocycles. The van der Waals surface area contributed by atoms with E-state index in [9.17, 15) is 38.5 Å². The average Bonchev–Trinajstić information content (AvgIpc) is 2.79. The fourth-order valence-corrected chi connectivity index (χ4v) is 4.23. The number of carbonyl (C=O) groups excluding carboxylic acids is 2. The van der Waals surface area contributed by atoms with E-state index in [4.69, 9.17) is 20.5 Å². The van der Waals surface area contributed by atoms with E-state index in [1.807, 2.05) is 5.09 Å². The molecule has 15 nitrogen and oxygen atoms in total. The molecule has 1 unspecified atom stereocenters. The molecule has 0 bridgehead atoms. The first-order valence-corrected chi connectivity index (χ1v) is 13.6. The van der Waals surface area contributed by atoms with Crippen LogP contribution in [0.2, 0.25) is 0 Å². The van der Waals surface area contributed by atoms with Gasteiger partial charge in [0.25, 0.3) is 0 Å². The summed E-state index contributed by atoms with van der Waals surface area (Å²) >= 11 is 0. The van der Waals surface area contributed by atoms with Gasteiger partial charge in [0.15, 0.2) is 0 Å². The standard InChI is InChI=1S/C21H39N4O11P/c1-14(6-5-13-36-37(34,35)25-16(21(32)33)9-11-19(28)29)23-18(27)10-8-15(20(30)31)24-17(26)7-3-2-4-12-22/h14-16H,2-13,22H2,1H3,(H,23,27)(H,24,26)(H,28,29)(H,30,31)(H,32,33)(H2,25,34,35)/t14-,15+,16+/m1/s1. The van der Waals surface area contributed by atoms with E-state index in [1.54, 1.807) is 6.92 Å². The lowest BCUT2D eigenvalue weighted by molar-refractivity contribution is -0.142. The monoisotopic (exact) mass is 554 g/mol. The van der Waals surface area contributed by atoms with E-state index in [2.05, 4.69) is 10.6 Å². The number of carbonyl (C=O) groups is 5. The van der Waals surface area contributed by atoms with Crippen LogP contribution in [0.5, 0.6) is 0 Å². The summed E-state index contributed by atoms with van der Waals surface area (Å²) in [6, 6.07) is -3.17. The Morgan fingerprint density at radius 3 is 1.97 bits per heavy atom. The summed E-state index contributed by atoms with van der Waals surface area (Å²) in [6.45, 7) is 1.94. The molecule has 214 valence electrons. The van der Waals surface area contributed by atoms with Gasteiger partial charge in [-0.25, -0.2) is 14.4 Å². The number of hydrogen-bond acceptors (Lipinski definition) is 8. The minimum Gasteiger partial charge on any atom is -0.481 e. The Labute approximate surface area is 215 Å². The zero-order valence-electron chi connectivity index (χ0n) is 20.9. The number of nitrogens with two attached hydrogens (primary N) is 1. The van der Waals surface area contributed by atoms with E-state index in [-0.39, 0.29) is 38.3 Å². The van der Waals surface area contributed by atoms with Crippen LogP contribution in [0.4, 0.5) is 0 Å². The van der Waals surface area contributed by atoms with Crippen LogP contribution >= 0.6 is 7.75 Å². The third kappa shape index (κ3) is 18.3. The molecule has 9 N–H and O–H groups in total. The van der Waals surface area contributed by atoms with Gasteiger partial charge < -0.3 is 36.6 Å². The summed E-state index contributed by atoms with van der Waals surface area (Å²) in [6.07, 6.45) is 1.66. The maximum Gasteiger partial charge on any atom is 0.403 e. The number of aliphatic carboxylic acids is 3. The van der Waals surface area contributed by atoms with Crippen molar-refractivity contribution in [2.45, 2.75) is 89.3 Å². The highest BCUT2D eigenvalue weighted by molar-refractivity contribution is 7.50. The summed E-state index contributed by atoms with van der Waals surface area (Å²) < 4.78 is 16.8.